The molecule has 184 valence electrons. The van der Waals surface area contributed by atoms with E-state index in [1.807, 2.05) is 45.0 Å². The third-order valence-electron chi connectivity index (χ3n) is 6.49. The Bertz CT molecular complexity index is 1050. The number of ether oxygens (including phenoxy) is 1. The molecule has 2 aliphatic rings. The van der Waals surface area contributed by atoms with Crippen LogP contribution in [0.25, 0.3) is 11.3 Å². The number of thioether (sulfide) groups is 1. The van der Waals surface area contributed by atoms with Crippen LogP contribution in [0, 0.1) is 11.3 Å². The van der Waals surface area contributed by atoms with Crippen LogP contribution in [0.2, 0.25) is 0 Å². The van der Waals surface area contributed by atoms with Crippen LogP contribution >= 0.6 is 11.8 Å². The lowest BCUT2D eigenvalue weighted by molar-refractivity contribution is -0.148. The number of oxazole rings is 1. The van der Waals surface area contributed by atoms with Crippen molar-refractivity contribution in [2.45, 2.75) is 63.0 Å². The fourth-order valence-corrected chi connectivity index (χ4v) is 5.41. The highest BCUT2D eigenvalue weighted by Crippen LogP contribution is 2.44. The summed E-state index contributed by atoms with van der Waals surface area (Å²) in [6.07, 6.45) is -0.0653. The highest BCUT2D eigenvalue weighted by atomic mass is 32.2. The number of methoxy groups -OCH3 is 1. The summed E-state index contributed by atoms with van der Waals surface area (Å²) >= 11 is 1.35. The minimum atomic E-state index is -1.04. The van der Waals surface area contributed by atoms with Crippen LogP contribution < -0.4 is 4.90 Å². The minimum Gasteiger partial charge on any atom is -0.469 e. The van der Waals surface area contributed by atoms with E-state index in [0.717, 1.165) is 17.0 Å². The first kappa shape index (κ1) is 24.7. The topological polar surface area (TPSA) is 99.7 Å². The Labute approximate surface area is 203 Å². The zero-order chi connectivity index (χ0) is 24.6. The largest absolute Gasteiger partial charge is 0.469 e. The Hall–Kier alpha value is -2.39. The zero-order valence-electron chi connectivity index (χ0n) is 20.0. The van der Waals surface area contributed by atoms with Crippen molar-refractivity contribution in [3.8, 4) is 11.3 Å². The maximum atomic E-state index is 14.2. The minimum absolute atomic E-state index is 0.116. The molecule has 34 heavy (non-hydrogen) atoms. The number of aliphatic hydroxyl groups is 1. The van der Waals surface area contributed by atoms with E-state index in [0.29, 0.717) is 36.7 Å². The van der Waals surface area contributed by atoms with E-state index in [9.17, 15) is 14.3 Å². The van der Waals surface area contributed by atoms with Crippen LogP contribution in [0.4, 0.5) is 10.1 Å². The number of aliphatic hydroxyl groups excluding tert-OH is 1. The number of alkyl halides is 1. The van der Waals surface area contributed by atoms with Gasteiger partial charge >= 0.3 is 5.97 Å². The highest BCUT2D eigenvalue weighted by molar-refractivity contribution is 8.00. The van der Waals surface area contributed by atoms with Gasteiger partial charge in [-0.2, -0.15) is 0 Å². The lowest BCUT2D eigenvalue weighted by Crippen LogP contribution is -2.43. The molecule has 4 unspecified atom stereocenters. The summed E-state index contributed by atoms with van der Waals surface area (Å²) < 4.78 is 25.5. The number of nitrogens with one attached hydrogen (secondary N) is 1. The first-order valence-corrected chi connectivity index (χ1v) is 12.6. The third kappa shape index (κ3) is 4.86. The summed E-state index contributed by atoms with van der Waals surface area (Å²) in [6, 6.07) is 7.60. The van der Waals surface area contributed by atoms with Crippen LogP contribution in [0.1, 0.15) is 57.5 Å². The third-order valence-corrected chi connectivity index (χ3v) is 7.45. The molecular formula is C25H32FN3O4S. The summed E-state index contributed by atoms with van der Waals surface area (Å²) in [5, 5.41) is 18.2. The molecule has 9 heteroatoms. The number of carbonyl (C=O) groups excluding carboxylic acids is 1. The van der Waals surface area contributed by atoms with Gasteiger partial charge in [0.05, 0.1) is 18.7 Å². The molecule has 2 aromatic rings. The Morgan fingerprint density at radius 2 is 2.00 bits per heavy atom. The molecular weight excluding hydrogens is 457 g/mol. The number of nitrogens with zero attached hydrogens (tertiary/aromatic N) is 2. The number of aromatic nitrogens is 1. The van der Waals surface area contributed by atoms with Gasteiger partial charge in [-0.1, -0.05) is 20.8 Å². The van der Waals surface area contributed by atoms with E-state index in [1.54, 1.807) is 4.90 Å². The molecule has 1 aliphatic carbocycles. The Balaban J connectivity index is 1.72. The standard InChI is InChI=1S/C25H32FN3O4S/c1-25(2,3)24-28-19(17-10-7-15(26)13-18(17)22(30)32-4)20(33-24)14-5-8-16(9-6-14)29-11-12-34-23(31)21(29)27/h5-6,8-9,15,17-18,23,27,31H,7,10-13H2,1-4H3. The normalized spacial score (nSPS) is 25.9. The van der Waals surface area contributed by atoms with Crippen molar-refractivity contribution >= 4 is 29.3 Å². The van der Waals surface area contributed by atoms with E-state index in [4.69, 9.17) is 19.5 Å². The summed E-state index contributed by atoms with van der Waals surface area (Å²) in [5.74, 6) is 0.715. The van der Waals surface area contributed by atoms with Gasteiger partial charge in [-0.3, -0.25) is 10.2 Å². The Morgan fingerprint density at radius 3 is 2.65 bits per heavy atom. The van der Waals surface area contributed by atoms with Gasteiger partial charge in [0, 0.05) is 34.9 Å². The van der Waals surface area contributed by atoms with Crippen LogP contribution in [0.15, 0.2) is 28.7 Å². The second kappa shape index (κ2) is 9.70. The molecule has 1 aromatic heterocycles. The maximum absolute atomic E-state index is 14.2. The molecule has 1 aliphatic heterocycles. The monoisotopic (exact) mass is 489 g/mol. The van der Waals surface area contributed by atoms with Crippen molar-refractivity contribution in [3.05, 3.63) is 35.9 Å². The first-order chi connectivity index (χ1) is 16.1. The summed E-state index contributed by atoms with van der Waals surface area (Å²) in [5.41, 5.74) is 1.10. The van der Waals surface area contributed by atoms with Crippen LogP contribution in [0.5, 0.6) is 0 Å². The molecule has 0 bridgehead atoms. The molecule has 1 saturated carbocycles. The number of esters is 1. The van der Waals surface area contributed by atoms with Crippen molar-refractivity contribution in [3.63, 3.8) is 0 Å². The molecule has 4 atom stereocenters. The van der Waals surface area contributed by atoms with Crippen LogP contribution in [-0.4, -0.2) is 52.9 Å². The number of benzene rings is 1. The average Bonchev–Trinajstić information content (AvgIpc) is 3.26. The number of anilines is 1. The van der Waals surface area contributed by atoms with Crippen molar-refractivity contribution in [2.75, 3.05) is 24.3 Å². The molecule has 4 rings (SSSR count). The fraction of sp³-hybridized carbons (Fsp3) is 0.560. The Morgan fingerprint density at radius 1 is 1.29 bits per heavy atom. The SMILES string of the molecule is COC(=O)C1CC(F)CCC1c1nc(C(C)(C)C)oc1-c1ccc(N2CCSC(O)C2=N)cc1. The highest BCUT2D eigenvalue weighted by Gasteiger charge is 2.41. The summed E-state index contributed by atoms with van der Waals surface area (Å²) in [7, 11) is 1.33. The number of carbonyl (C=O) groups is 1. The van der Waals surface area contributed by atoms with Gasteiger partial charge in [0.25, 0.3) is 0 Å². The predicted molar refractivity (Wildman–Crippen MR) is 131 cm³/mol. The zero-order valence-corrected chi connectivity index (χ0v) is 20.8. The molecule has 1 aromatic carbocycles. The number of amidine groups is 1. The predicted octanol–water partition coefficient (Wildman–Crippen LogP) is 4.88. The second-order valence-corrected chi connectivity index (χ2v) is 11.1. The first-order valence-electron chi connectivity index (χ1n) is 11.6. The maximum Gasteiger partial charge on any atom is 0.309 e. The number of halogens is 1. The molecule has 1 saturated heterocycles. The molecule has 0 radical (unpaired) electrons. The number of hydrogen-bond acceptors (Lipinski definition) is 7. The van der Waals surface area contributed by atoms with E-state index in [2.05, 4.69) is 0 Å². The molecule has 0 amide bonds. The van der Waals surface area contributed by atoms with Crippen molar-refractivity contribution in [1.29, 1.82) is 5.41 Å². The van der Waals surface area contributed by atoms with Crippen LogP contribution in [-0.2, 0) is 14.9 Å². The van der Waals surface area contributed by atoms with E-state index < -0.39 is 23.5 Å². The molecule has 2 heterocycles. The van der Waals surface area contributed by atoms with Crippen molar-refractivity contribution in [2.24, 2.45) is 5.92 Å². The van der Waals surface area contributed by atoms with E-state index in [1.165, 1.54) is 18.9 Å². The van der Waals surface area contributed by atoms with Gasteiger partial charge in [0.1, 0.15) is 12.0 Å². The fourth-order valence-electron chi connectivity index (χ4n) is 4.62. The van der Waals surface area contributed by atoms with Gasteiger partial charge in [0.2, 0.25) is 5.89 Å². The van der Waals surface area contributed by atoms with Gasteiger partial charge < -0.3 is 19.2 Å². The van der Waals surface area contributed by atoms with E-state index >= 15 is 0 Å². The lowest BCUT2D eigenvalue weighted by atomic mass is 9.76. The van der Waals surface area contributed by atoms with Gasteiger partial charge in [0.15, 0.2) is 11.2 Å². The summed E-state index contributed by atoms with van der Waals surface area (Å²) in [4.78, 5) is 19.2. The van der Waals surface area contributed by atoms with Gasteiger partial charge in [-0.25, -0.2) is 9.37 Å². The molecule has 2 fully saturated rings. The molecule has 0 spiro atoms. The molecule has 2 N–H and O–H groups in total. The summed E-state index contributed by atoms with van der Waals surface area (Å²) in [6.45, 7) is 6.68. The van der Waals surface area contributed by atoms with Crippen molar-refractivity contribution < 1.29 is 23.4 Å². The average molecular weight is 490 g/mol. The lowest BCUT2D eigenvalue weighted by Gasteiger charge is -2.32. The smallest absolute Gasteiger partial charge is 0.309 e. The van der Waals surface area contributed by atoms with Gasteiger partial charge in [-0.15, -0.1) is 11.8 Å². The van der Waals surface area contributed by atoms with Gasteiger partial charge in [-0.05, 0) is 43.5 Å². The number of rotatable bonds is 4. The Kier molecular flexibility index (Phi) is 7.05. The number of hydrogen-bond donors (Lipinski definition) is 2. The second-order valence-electron chi connectivity index (χ2n) is 9.94. The quantitative estimate of drug-likeness (QED) is 0.590. The van der Waals surface area contributed by atoms with Crippen molar-refractivity contribution in [1.82, 2.24) is 4.98 Å². The molecule has 7 nitrogen and oxygen atoms in total. The van der Waals surface area contributed by atoms with Crippen LogP contribution in [0.3, 0.4) is 0 Å². The van der Waals surface area contributed by atoms with E-state index in [-0.39, 0.29) is 23.6 Å².